The lowest BCUT2D eigenvalue weighted by Crippen LogP contribution is -2.45. The molecule has 0 radical (unpaired) electrons. The Labute approximate surface area is 186 Å². The number of halogens is 2. The molecule has 0 bridgehead atoms. The average molecular weight is 463 g/mol. The molecule has 1 aliphatic rings. The second-order valence-corrected chi connectivity index (χ2v) is 10.0. The molecule has 1 unspecified atom stereocenters. The topological polar surface area (TPSA) is 71.4 Å². The molecule has 0 saturated carbocycles. The summed E-state index contributed by atoms with van der Waals surface area (Å²) < 4.78 is 51.8. The summed E-state index contributed by atoms with van der Waals surface area (Å²) in [5.41, 5.74) is 3.15. The highest BCUT2D eigenvalue weighted by Gasteiger charge is 2.44. The fourth-order valence-corrected chi connectivity index (χ4v) is 4.82. The molecule has 32 heavy (non-hydrogen) atoms. The minimum Gasteiger partial charge on any atom is -0.481 e. The van der Waals surface area contributed by atoms with E-state index >= 15 is 0 Å². The number of hydrogen-bond acceptors (Lipinski definition) is 3. The number of benzene rings is 2. The molecule has 170 valence electrons. The maximum absolute atomic E-state index is 14.3. The molecule has 1 heterocycles. The second kappa shape index (κ2) is 8.96. The van der Waals surface area contributed by atoms with Crippen molar-refractivity contribution in [2.75, 3.05) is 12.8 Å². The molecule has 3 rings (SSSR count). The quantitative estimate of drug-likeness (QED) is 0.542. The van der Waals surface area contributed by atoms with Gasteiger partial charge in [0.05, 0.1) is 17.9 Å². The van der Waals surface area contributed by atoms with E-state index in [1.54, 1.807) is 18.2 Å². The van der Waals surface area contributed by atoms with Crippen LogP contribution in [0.1, 0.15) is 38.7 Å². The summed E-state index contributed by atoms with van der Waals surface area (Å²) >= 11 is 0. The summed E-state index contributed by atoms with van der Waals surface area (Å²) in [7, 11) is -3.39. The molecule has 2 aromatic rings. The van der Waals surface area contributed by atoms with Crippen LogP contribution in [-0.2, 0) is 14.6 Å². The molecule has 0 amide bonds. The zero-order valence-corrected chi connectivity index (χ0v) is 19.0. The summed E-state index contributed by atoms with van der Waals surface area (Å²) in [5.74, 6) is -2.94. The van der Waals surface area contributed by atoms with Gasteiger partial charge < -0.3 is 5.11 Å². The van der Waals surface area contributed by atoms with Crippen molar-refractivity contribution in [3.05, 3.63) is 77.0 Å². The van der Waals surface area contributed by atoms with E-state index in [0.717, 1.165) is 31.2 Å². The van der Waals surface area contributed by atoms with Gasteiger partial charge in [-0.2, -0.15) is 0 Å². The van der Waals surface area contributed by atoms with E-state index in [1.165, 1.54) is 18.2 Å². The number of unbranched alkanes of at least 4 members (excludes halogenated alkanes) is 1. The number of rotatable bonds is 8. The van der Waals surface area contributed by atoms with E-state index in [9.17, 15) is 27.1 Å². The van der Waals surface area contributed by atoms with Crippen LogP contribution < -0.4 is 4.48 Å². The van der Waals surface area contributed by atoms with Gasteiger partial charge in [-0.25, -0.2) is 21.7 Å². The first kappa shape index (κ1) is 23.8. The van der Waals surface area contributed by atoms with Gasteiger partial charge >= 0.3 is 5.97 Å². The number of carboxylic acids is 1. The van der Waals surface area contributed by atoms with E-state index in [1.807, 2.05) is 13.8 Å². The molecule has 1 atom stereocenters. The standard InChI is InChI=1S/C24H25F2NO4S/c1-4-5-12-27(19-8-11-21(25)22(26)15-19)16(2)18(14-24(28)29)13-23(27)17-6-9-20(10-7-17)32(3,30)31/h6-11,13,15H,4-5,12,14H2,1-3H3/p+1. The van der Waals surface area contributed by atoms with Crippen LogP contribution in [0.5, 0.6) is 0 Å². The normalized spacial score (nSPS) is 18.7. The smallest absolute Gasteiger partial charge is 0.308 e. The Bertz CT molecular complexity index is 1220. The second-order valence-electron chi connectivity index (χ2n) is 7.99. The van der Waals surface area contributed by atoms with Crippen LogP contribution in [0.3, 0.4) is 0 Å². The maximum Gasteiger partial charge on any atom is 0.308 e. The van der Waals surface area contributed by atoms with E-state index in [4.69, 9.17) is 0 Å². The Morgan fingerprint density at radius 3 is 2.25 bits per heavy atom. The van der Waals surface area contributed by atoms with Crippen LogP contribution in [0.2, 0.25) is 0 Å². The minimum absolute atomic E-state index is 0.0475. The number of carboxylic acid groups (broad SMARTS) is 1. The highest BCUT2D eigenvalue weighted by atomic mass is 32.2. The molecule has 0 fully saturated rings. The Morgan fingerprint density at radius 2 is 1.72 bits per heavy atom. The molecule has 2 aromatic carbocycles. The van der Waals surface area contributed by atoms with E-state index in [0.29, 0.717) is 34.8 Å². The average Bonchev–Trinajstić information content (AvgIpc) is 3.00. The molecule has 0 saturated heterocycles. The van der Waals surface area contributed by atoms with Gasteiger partial charge in [-0.15, -0.1) is 0 Å². The number of sulfone groups is 1. The molecule has 5 nitrogen and oxygen atoms in total. The molecule has 1 N–H and O–H groups in total. The fraction of sp³-hybridized carbons (Fsp3) is 0.292. The Morgan fingerprint density at radius 1 is 1.06 bits per heavy atom. The number of allylic oxidation sites excluding steroid dienone is 2. The largest absolute Gasteiger partial charge is 0.481 e. The van der Waals surface area contributed by atoms with Gasteiger partial charge in [-0.1, -0.05) is 13.3 Å². The maximum atomic E-state index is 14.3. The fourth-order valence-electron chi connectivity index (χ4n) is 4.19. The Balaban J connectivity index is 2.27. The third-order valence-electron chi connectivity index (χ3n) is 5.87. The molecule has 0 aromatic heterocycles. The van der Waals surface area contributed by atoms with Crippen molar-refractivity contribution in [2.45, 2.75) is 38.0 Å². The van der Waals surface area contributed by atoms with Crippen LogP contribution in [0.15, 0.2) is 64.7 Å². The first-order valence-electron chi connectivity index (χ1n) is 10.3. The van der Waals surface area contributed by atoms with Crippen LogP contribution in [0.25, 0.3) is 5.70 Å². The van der Waals surface area contributed by atoms with Crippen LogP contribution in [0, 0.1) is 11.6 Å². The van der Waals surface area contributed by atoms with Gasteiger partial charge in [0.1, 0.15) is 11.4 Å². The molecule has 0 aliphatic carbocycles. The van der Waals surface area contributed by atoms with Crippen molar-refractivity contribution < 1.29 is 27.1 Å². The van der Waals surface area contributed by atoms with Crippen molar-refractivity contribution in [2.24, 2.45) is 0 Å². The monoisotopic (exact) mass is 462 g/mol. The lowest BCUT2D eigenvalue weighted by Gasteiger charge is -2.37. The van der Waals surface area contributed by atoms with E-state index < -0.39 is 27.4 Å². The lowest BCUT2D eigenvalue weighted by atomic mass is 10.1. The number of nitrogens with zero attached hydrogens (tertiary/aromatic N) is 1. The van der Waals surface area contributed by atoms with Gasteiger partial charge in [0.15, 0.2) is 27.2 Å². The van der Waals surface area contributed by atoms with Crippen molar-refractivity contribution >= 4 is 27.2 Å². The van der Waals surface area contributed by atoms with E-state index in [2.05, 4.69) is 0 Å². The zero-order chi connectivity index (χ0) is 23.7. The zero-order valence-electron chi connectivity index (χ0n) is 18.2. The third kappa shape index (κ3) is 4.38. The van der Waals surface area contributed by atoms with Crippen LogP contribution in [-0.4, -0.2) is 32.3 Å². The van der Waals surface area contributed by atoms with Crippen molar-refractivity contribution in [1.29, 1.82) is 0 Å². The Hall–Kier alpha value is -2.84. The predicted octanol–water partition coefficient (Wildman–Crippen LogP) is 5.28. The first-order valence-corrected chi connectivity index (χ1v) is 12.2. The van der Waals surface area contributed by atoms with Gasteiger partial charge in [-0.05, 0) is 36.8 Å². The van der Waals surface area contributed by atoms with Gasteiger partial charge in [0.2, 0.25) is 0 Å². The molecular formula is C24H26F2NO4S+. The molecular weight excluding hydrogens is 436 g/mol. The summed E-state index contributed by atoms with van der Waals surface area (Å²) in [4.78, 5) is 11.7. The Kier molecular flexibility index (Phi) is 6.67. The summed E-state index contributed by atoms with van der Waals surface area (Å²) in [6.45, 7) is 4.33. The van der Waals surface area contributed by atoms with Gasteiger partial charge in [-0.3, -0.25) is 4.79 Å². The number of carbonyl (C=O) groups is 1. The summed E-state index contributed by atoms with van der Waals surface area (Å²) in [6, 6.07) is 10.1. The minimum atomic E-state index is -3.39. The summed E-state index contributed by atoms with van der Waals surface area (Å²) in [5, 5.41) is 9.43. The van der Waals surface area contributed by atoms with Crippen molar-refractivity contribution in [3.8, 4) is 0 Å². The number of aliphatic carboxylic acids is 1. The van der Waals surface area contributed by atoms with Gasteiger partial charge in [0.25, 0.3) is 0 Å². The van der Waals surface area contributed by atoms with Crippen molar-refractivity contribution in [1.82, 2.24) is 4.48 Å². The van der Waals surface area contributed by atoms with E-state index in [-0.39, 0.29) is 15.8 Å². The highest BCUT2D eigenvalue weighted by Crippen LogP contribution is 2.47. The molecule has 0 spiro atoms. The SMILES string of the molecule is CCCC[N+]1(c2ccc(F)c(F)c2)C(c2ccc(S(C)(=O)=O)cc2)=CC(CC(=O)O)=C1C. The van der Waals surface area contributed by atoms with Crippen LogP contribution >= 0.6 is 0 Å². The van der Waals surface area contributed by atoms with Gasteiger partial charge in [0, 0.05) is 42.5 Å². The highest BCUT2D eigenvalue weighted by molar-refractivity contribution is 7.90. The summed E-state index contributed by atoms with van der Waals surface area (Å²) in [6.07, 6.45) is 4.26. The lowest BCUT2D eigenvalue weighted by molar-refractivity contribution is -0.136. The third-order valence-corrected chi connectivity index (χ3v) is 7.00. The number of quaternary nitrogens is 1. The first-order chi connectivity index (χ1) is 15.0. The number of hydrogen-bond donors (Lipinski definition) is 1. The predicted molar refractivity (Wildman–Crippen MR) is 120 cm³/mol. The van der Waals surface area contributed by atoms with Crippen molar-refractivity contribution in [3.63, 3.8) is 0 Å². The van der Waals surface area contributed by atoms with Crippen LogP contribution in [0.4, 0.5) is 14.5 Å². The molecule has 1 aliphatic heterocycles. The molecule has 8 heteroatoms.